The van der Waals surface area contributed by atoms with Gasteiger partial charge in [-0.15, -0.1) is 0 Å². The van der Waals surface area contributed by atoms with E-state index in [-0.39, 0.29) is 23.7 Å². The quantitative estimate of drug-likeness (QED) is 0.328. The van der Waals surface area contributed by atoms with Crippen LogP contribution in [0, 0.1) is 0 Å². The number of hydrogen-bond donors (Lipinski definition) is 1. The highest BCUT2D eigenvalue weighted by molar-refractivity contribution is 5.85. The molecule has 0 aliphatic carbocycles. The van der Waals surface area contributed by atoms with E-state index in [4.69, 9.17) is 10.5 Å². The molecule has 178 valence electrons. The number of nitrogens with zero attached hydrogens (tertiary/aromatic N) is 2. The van der Waals surface area contributed by atoms with E-state index in [1.54, 1.807) is 4.57 Å². The molecule has 0 spiro atoms. The minimum atomic E-state index is -0.131. The second-order valence-electron chi connectivity index (χ2n) is 9.30. The molecular formula is C31H27N3O2. The van der Waals surface area contributed by atoms with E-state index in [0.717, 1.165) is 35.1 Å². The monoisotopic (exact) mass is 473 g/mol. The van der Waals surface area contributed by atoms with E-state index < -0.39 is 0 Å². The van der Waals surface area contributed by atoms with E-state index in [2.05, 4.69) is 47.4 Å². The third-order valence-electron chi connectivity index (χ3n) is 6.95. The van der Waals surface area contributed by atoms with Crippen LogP contribution in [0.3, 0.4) is 0 Å². The highest BCUT2D eigenvalue weighted by Crippen LogP contribution is 2.33. The summed E-state index contributed by atoms with van der Waals surface area (Å²) in [6.45, 7) is 0.401. The molecule has 0 saturated carbocycles. The number of nitrogens with two attached hydrogens (primary N) is 1. The van der Waals surface area contributed by atoms with Crippen LogP contribution in [0.1, 0.15) is 24.5 Å². The van der Waals surface area contributed by atoms with Gasteiger partial charge in [-0.05, 0) is 58.9 Å². The van der Waals surface area contributed by atoms with Gasteiger partial charge in [0.25, 0.3) is 5.56 Å². The summed E-state index contributed by atoms with van der Waals surface area (Å²) in [5, 5.41) is 0.560. The van der Waals surface area contributed by atoms with Crippen LogP contribution in [0.25, 0.3) is 33.2 Å². The molecule has 5 nitrogen and oxygen atoms in total. The van der Waals surface area contributed by atoms with Crippen LogP contribution < -0.4 is 11.3 Å². The molecule has 2 unspecified atom stereocenters. The average Bonchev–Trinajstić information content (AvgIpc) is 3.41. The van der Waals surface area contributed by atoms with E-state index in [1.165, 1.54) is 5.56 Å². The van der Waals surface area contributed by atoms with Gasteiger partial charge in [-0.3, -0.25) is 9.36 Å². The second-order valence-corrected chi connectivity index (χ2v) is 9.30. The molecule has 36 heavy (non-hydrogen) atoms. The standard InChI is InChI=1S/C31H27N3O2/c32-31-33-28-19-25(24-13-7-12-23(18-24)21-8-3-1-4-9-21)14-16-27(28)30(35)34(31)20-26-15-17-29(36-26)22-10-5-2-6-11-22/h1-14,16,18-19,26,29H,15,17,20H2,(H2,32,33). The molecule has 4 aromatic carbocycles. The highest BCUT2D eigenvalue weighted by Gasteiger charge is 2.27. The largest absolute Gasteiger partial charge is 0.369 e. The summed E-state index contributed by atoms with van der Waals surface area (Å²) >= 11 is 0. The normalized spacial score (nSPS) is 17.4. The van der Waals surface area contributed by atoms with Gasteiger partial charge in [-0.25, -0.2) is 4.98 Å². The van der Waals surface area contributed by atoms with Crippen LogP contribution >= 0.6 is 0 Å². The van der Waals surface area contributed by atoms with Crippen LogP contribution in [-0.4, -0.2) is 15.7 Å². The first-order valence-corrected chi connectivity index (χ1v) is 12.3. The molecule has 5 heteroatoms. The summed E-state index contributed by atoms with van der Waals surface area (Å²) < 4.78 is 7.81. The van der Waals surface area contributed by atoms with Gasteiger partial charge in [0, 0.05) is 0 Å². The van der Waals surface area contributed by atoms with Crippen LogP contribution in [0.2, 0.25) is 0 Å². The molecule has 1 aliphatic rings. The highest BCUT2D eigenvalue weighted by atomic mass is 16.5. The molecule has 1 saturated heterocycles. The third kappa shape index (κ3) is 4.30. The van der Waals surface area contributed by atoms with Crippen molar-refractivity contribution in [3.05, 3.63) is 119 Å². The van der Waals surface area contributed by atoms with E-state index in [0.29, 0.717) is 17.4 Å². The summed E-state index contributed by atoms with van der Waals surface area (Å²) in [7, 11) is 0. The van der Waals surface area contributed by atoms with Crippen molar-refractivity contribution >= 4 is 16.9 Å². The SMILES string of the molecule is Nc1nc2cc(-c3cccc(-c4ccccc4)c3)ccc2c(=O)n1CC1CCC(c2ccccc2)O1. The molecule has 2 heterocycles. The van der Waals surface area contributed by atoms with Crippen LogP contribution in [0.4, 0.5) is 5.95 Å². The van der Waals surface area contributed by atoms with Crippen molar-refractivity contribution in [2.45, 2.75) is 31.6 Å². The maximum absolute atomic E-state index is 13.4. The predicted molar refractivity (Wildman–Crippen MR) is 145 cm³/mol. The summed E-state index contributed by atoms with van der Waals surface area (Å²) in [6, 6.07) is 34.6. The Morgan fingerprint density at radius 1 is 0.778 bits per heavy atom. The van der Waals surface area contributed by atoms with Crippen molar-refractivity contribution in [3.8, 4) is 22.3 Å². The molecule has 1 aliphatic heterocycles. The maximum atomic E-state index is 13.4. The Balaban J connectivity index is 1.28. The molecule has 0 bridgehead atoms. The van der Waals surface area contributed by atoms with Gasteiger partial charge >= 0.3 is 0 Å². The smallest absolute Gasteiger partial charge is 0.262 e. The fourth-order valence-corrected chi connectivity index (χ4v) is 5.06. The molecule has 2 N–H and O–H groups in total. The van der Waals surface area contributed by atoms with Crippen LogP contribution in [0.15, 0.2) is 108 Å². The molecule has 0 radical (unpaired) electrons. The molecule has 2 atom stereocenters. The first kappa shape index (κ1) is 22.3. The zero-order chi connectivity index (χ0) is 24.5. The minimum absolute atomic E-state index is 0.0516. The maximum Gasteiger partial charge on any atom is 0.262 e. The topological polar surface area (TPSA) is 70.1 Å². The summed E-state index contributed by atoms with van der Waals surface area (Å²) in [4.78, 5) is 18.0. The first-order valence-electron chi connectivity index (χ1n) is 12.3. The van der Waals surface area contributed by atoms with E-state index >= 15 is 0 Å². The zero-order valence-corrected chi connectivity index (χ0v) is 19.9. The summed E-state index contributed by atoms with van der Waals surface area (Å²) in [5.41, 5.74) is 12.3. The lowest BCUT2D eigenvalue weighted by Gasteiger charge is -2.17. The molecular weight excluding hydrogens is 446 g/mol. The number of benzene rings is 4. The Kier molecular flexibility index (Phi) is 5.84. The van der Waals surface area contributed by atoms with Crippen molar-refractivity contribution in [1.29, 1.82) is 0 Å². The van der Waals surface area contributed by atoms with Gasteiger partial charge in [0.2, 0.25) is 5.95 Å². The zero-order valence-electron chi connectivity index (χ0n) is 19.9. The fourth-order valence-electron chi connectivity index (χ4n) is 5.06. The fraction of sp³-hybridized carbons (Fsp3) is 0.161. The van der Waals surface area contributed by atoms with Crippen LogP contribution in [-0.2, 0) is 11.3 Å². The number of rotatable bonds is 5. The average molecular weight is 474 g/mol. The molecule has 1 aromatic heterocycles. The lowest BCUT2D eigenvalue weighted by Crippen LogP contribution is -2.29. The summed E-state index contributed by atoms with van der Waals surface area (Å²) in [6.07, 6.45) is 1.78. The Bertz CT molecular complexity index is 1580. The lowest BCUT2D eigenvalue weighted by atomic mass is 9.98. The number of anilines is 1. The van der Waals surface area contributed by atoms with Crippen molar-refractivity contribution in [2.24, 2.45) is 0 Å². The van der Waals surface area contributed by atoms with Crippen molar-refractivity contribution in [2.75, 3.05) is 5.73 Å². The minimum Gasteiger partial charge on any atom is -0.369 e. The van der Waals surface area contributed by atoms with E-state index in [9.17, 15) is 4.79 Å². The molecule has 6 rings (SSSR count). The summed E-state index contributed by atoms with van der Waals surface area (Å²) in [5.74, 6) is 0.217. The lowest BCUT2D eigenvalue weighted by molar-refractivity contribution is 0.0348. The van der Waals surface area contributed by atoms with Gasteiger partial charge in [-0.1, -0.05) is 84.9 Å². The van der Waals surface area contributed by atoms with E-state index in [1.807, 2.05) is 60.7 Å². The number of fused-ring (bicyclic) bond motifs is 1. The Labute approximate surface area is 209 Å². The number of ether oxygens (including phenoxy) is 1. The van der Waals surface area contributed by atoms with Crippen molar-refractivity contribution in [3.63, 3.8) is 0 Å². The van der Waals surface area contributed by atoms with Crippen LogP contribution in [0.5, 0.6) is 0 Å². The molecule has 0 amide bonds. The van der Waals surface area contributed by atoms with Gasteiger partial charge in [0.15, 0.2) is 0 Å². The number of aromatic nitrogens is 2. The molecule has 5 aromatic rings. The Morgan fingerprint density at radius 3 is 2.22 bits per heavy atom. The number of nitrogen functional groups attached to an aromatic ring is 1. The first-order chi connectivity index (χ1) is 17.7. The van der Waals surface area contributed by atoms with Gasteiger partial charge < -0.3 is 10.5 Å². The van der Waals surface area contributed by atoms with Gasteiger partial charge in [0.05, 0.1) is 29.7 Å². The van der Waals surface area contributed by atoms with Gasteiger partial charge in [0.1, 0.15) is 0 Å². The number of hydrogen-bond acceptors (Lipinski definition) is 4. The second kappa shape index (κ2) is 9.44. The van der Waals surface area contributed by atoms with Crippen molar-refractivity contribution in [1.82, 2.24) is 9.55 Å². The molecule has 1 fully saturated rings. The Morgan fingerprint density at radius 2 is 1.44 bits per heavy atom. The third-order valence-corrected chi connectivity index (χ3v) is 6.95. The van der Waals surface area contributed by atoms with Crippen molar-refractivity contribution < 1.29 is 4.74 Å². The Hall–Kier alpha value is -4.22. The predicted octanol–water partition coefficient (Wildman–Crippen LogP) is 6.23. The van der Waals surface area contributed by atoms with Gasteiger partial charge in [-0.2, -0.15) is 0 Å².